The molecule has 0 spiro atoms. The fourth-order valence-corrected chi connectivity index (χ4v) is 2.76. The van der Waals surface area contributed by atoms with Crippen molar-refractivity contribution in [1.29, 1.82) is 0 Å². The van der Waals surface area contributed by atoms with Gasteiger partial charge in [0.2, 0.25) is 0 Å². The molecule has 1 heterocycles. The lowest BCUT2D eigenvalue weighted by Gasteiger charge is -2.17. The molecule has 0 saturated carbocycles. The maximum Gasteiger partial charge on any atom is 0.265 e. The lowest BCUT2D eigenvalue weighted by Crippen LogP contribution is -2.33. The Morgan fingerprint density at radius 3 is 2.81 bits per heavy atom. The molecule has 120 valence electrons. The Morgan fingerprint density at radius 2 is 2.19 bits per heavy atom. The van der Waals surface area contributed by atoms with Crippen molar-refractivity contribution in [1.82, 2.24) is 10.3 Å². The molecule has 0 aliphatic heterocycles. The van der Waals surface area contributed by atoms with Gasteiger partial charge in [0.05, 0.1) is 6.61 Å². The Kier molecular flexibility index (Phi) is 7.45. The second kappa shape index (κ2) is 8.84. The summed E-state index contributed by atoms with van der Waals surface area (Å²) in [6.07, 6.45) is 2.07. The molecular formula is C14H26N4O2S. The van der Waals surface area contributed by atoms with Crippen molar-refractivity contribution in [3.63, 3.8) is 0 Å². The van der Waals surface area contributed by atoms with Gasteiger partial charge < -0.3 is 21.1 Å². The van der Waals surface area contributed by atoms with Gasteiger partial charge in [-0.25, -0.2) is 4.98 Å². The number of nitrogens with zero attached hydrogens (tertiary/aromatic N) is 1. The van der Waals surface area contributed by atoms with Crippen molar-refractivity contribution in [2.24, 2.45) is 5.92 Å². The van der Waals surface area contributed by atoms with E-state index in [4.69, 9.17) is 10.5 Å². The highest BCUT2D eigenvalue weighted by atomic mass is 32.1. The fourth-order valence-electron chi connectivity index (χ4n) is 1.95. The highest BCUT2D eigenvalue weighted by Gasteiger charge is 2.18. The molecule has 1 amide bonds. The standard InChI is InChI=1S/C14H26N4O2S/c1-5-9(2)8-10(3)17-13(19)11-12(15)18-14(21-11)16-6-7-20-4/h9-10H,5-8,15H2,1-4H3,(H,16,18)(H,17,19). The predicted octanol–water partition coefficient (Wildman–Crippen LogP) is 2.34. The van der Waals surface area contributed by atoms with Crippen LogP contribution in [0, 0.1) is 5.92 Å². The molecule has 7 heteroatoms. The summed E-state index contributed by atoms with van der Waals surface area (Å²) in [4.78, 5) is 16.8. The molecule has 0 bridgehead atoms. The summed E-state index contributed by atoms with van der Waals surface area (Å²) in [5.41, 5.74) is 5.82. The number of thiazole rings is 1. The van der Waals surface area contributed by atoms with Crippen molar-refractivity contribution in [2.45, 2.75) is 39.7 Å². The molecule has 2 unspecified atom stereocenters. The topological polar surface area (TPSA) is 89.3 Å². The third-order valence-corrected chi connectivity index (χ3v) is 4.30. The van der Waals surface area contributed by atoms with E-state index < -0.39 is 0 Å². The summed E-state index contributed by atoms with van der Waals surface area (Å²) >= 11 is 1.27. The van der Waals surface area contributed by atoms with Gasteiger partial charge in [0.15, 0.2) is 5.13 Å². The number of hydrogen-bond acceptors (Lipinski definition) is 6. The van der Waals surface area contributed by atoms with Gasteiger partial charge in [0, 0.05) is 19.7 Å². The van der Waals surface area contributed by atoms with Crippen LogP contribution in [-0.4, -0.2) is 37.2 Å². The first-order valence-corrected chi connectivity index (χ1v) is 8.09. The van der Waals surface area contributed by atoms with Crippen LogP contribution in [0.1, 0.15) is 43.3 Å². The van der Waals surface area contributed by atoms with Crippen LogP contribution in [-0.2, 0) is 4.74 Å². The molecule has 1 rings (SSSR count). The Bertz CT molecular complexity index is 450. The summed E-state index contributed by atoms with van der Waals surface area (Å²) in [5.74, 6) is 0.708. The number of carbonyl (C=O) groups excluding carboxylic acids is 1. The van der Waals surface area contributed by atoms with Crippen molar-refractivity contribution in [3.05, 3.63) is 4.88 Å². The molecule has 6 nitrogen and oxygen atoms in total. The Balaban J connectivity index is 2.57. The first kappa shape index (κ1) is 17.7. The van der Waals surface area contributed by atoms with Crippen LogP contribution in [0.3, 0.4) is 0 Å². The fraction of sp³-hybridized carbons (Fsp3) is 0.714. The third kappa shape index (κ3) is 5.89. The van der Waals surface area contributed by atoms with Gasteiger partial charge in [-0.2, -0.15) is 0 Å². The molecule has 1 aromatic rings. The molecule has 0 aliphatic rings. The van der Waals surface area contributed by atoms with Crippen molar-refractivity contribution in [2.75, 3.05) is 31.3 Å². The minimum absolute atomic E-state index is 0.124. The lowest BCUT2D eigenvalue weighted by atomic mass is 10.0. The van der Waals surface area contributed by atoms with E-state index in [-0.39, 0.29) is 17.8 Å². The van der Waals surface area contributed by atoms with E-state index in [1.165, 1.54) is 11.3 Å². The van der Waals surface area contributed by atoms with Crippen LogP contribution in [0.5, 0.6) is 0 Å². The summed E-state index contributed by atoms with van der Waals surface area (Å²) in [6, 6.07) is 0.124. The summed E-state index contributed by atoms with van der Waals surface area (Å²) in [7, 11) is 1.63. The van der Waals surface area contributed by atoms with E-state index in [2.05, 4.69) is 29.5 Å². The zero-order valence-electron chi connectivity index (χ0n) is 13.2. The number of anilines is 2. The maximum atomic E-state index is 12.2. The quantitative estimate of drug-likeness (QED) is 0.609. The molecule has 1 aromatic heterocycles. The van der Waals surface area contributed by atoms with E-state index in [1.807, 2.05) is 6.92 Å². The smallest absolute Gasteiger partial charge is 0.265 e. The average molecular weight is 314 g/mol. The van der Waals surface area contributed by atoms with Gasteiger partial charge in [-0.1, -0.05) is 31.6 Å². The van der Waals surface area contributed by atoms with Crippen LogP contribution in [0.15, 0.2) is 0 Å². The zero-order valence-corrected chi connectivity index (χ0v) is 14.0. The van der Waals surface area contributed by atoms with E-state index in [0.717, 1.165) is 12.8 Å². The summed E-state index contributed by atoms with van der Waals surface area (Å²) in [6.45, 7) is 7.56. The predicted molar refractivity (Wildman–Crippen MR) is 87.9 cm³/mol. The van der Waals surface area contributed by atoms with Crippen molar-refractivity contribution < 1.29 is 9.53 Å². The van der Waals surface area contributed by atoms with Crippen LogP contribution < -0.4 is 16.4 Å². The van der Waals surface area contributed by atoms with E-state index in [1.54, 1.807) is 7.11 Å². The van der Waals surface area contributed by atoms with Crippen molar-refractivity contribution >= 4 is 28.2 Å². The van der Waals surface area contributed by atoms with Gasteiger partial charge in [0.1, 0.15) is 10.7 Å². The molecule has 2 atom stereocenters. The molecule has 0 fully saturated rings. The number of nitrogens with one attached hydrogen (secondary N) is 2. The number of nitrogen functional groups attached to an aromatic ring is 1. The molecule has 0 saturated heterocycles. The van der Waals surface area contributed by atoms with Gasteiger partial charge >= 0.3 is 0 Å². The Labute approximate surface area is 130 Å². The molecule has 0 aromatic carbocycles. The SMILES string of the molecule is CCC(C)CC(C)NC(=O)c1sc(NCCOC)nc1N. The highest BCUT2D eigenvalue weighted by molar-refractivity contribution is 7.18. The largest absolute Gasteiger partial charge is 0.383 e. The number of aromatic nitrogens is 1. The summed E-state index contributed by atoms with van der Waals surface area (Å²) in [5, 5.41) is 6.70. The number of rotatable bonds is 9. The van der Waals surface area contributed by atoms with Gasteiger partial charge in [-0.3, -0.25) is 4.79 Å². The second-order valence-electron chi connectivity index (χ2n) is 5.28. The van der Waals surface area contributed by atoms with Crippen LogP contribution in [0.25, 0.3) is 0 Å². The number of hydrogen-bond donors (Lipinski definition) is 3. The zero-order chi connectivity index (χ0) is 15.8. The van der Waals surface area contributed by atoms with Crippen LogP contribution in [0.4, 0.5) is 10.9 Å². The first-order chi connectivity index (χ1) is 9.97. The second-order valence-corrected chi connectivity index (χ2v) is 6.28. The average Bonchev–Trinajstić information content (AvgIpc) is 2.80. The number of nitrogens with two attached hydrogens (primary N) is 1. The van der Waals surface area contributed by atoms with E-state index in [0.29, 0.717) is 29.1 Å². The minimum atomic E-state index is -0.152. The van der Waals surface area contributed by atoms with Crippen LogP contribution >= 0.6 is 11.3 Å². The first-order valence-electron chi connectivity index (χ1n) is 7.27. The van der Waals surface area contributed by atoms with Gasteiger partial charge in [-0.05, 0) is 19.3 Å². The summed E-state index contributed by atoms with van der Waals surface area (Å²) < 4.78 is 4.95. The third-order valence-electron chi connectivity index (χ3n) is 3.27. The minimum Gasteiger partial charge on any atom is -0.383 e. The van der Waals surface area contributed by atoms with Gasteiger partial charge in [0.25, 0.3) is 5.91 Å². The monoisotopic (exact) mass is 314 g/mol. The van der Waals surface area contributed by atoms with Crippen molar-refractivity contribution in [3.8, 4) is 0 Å². The number of methoxy groups -OCH3 is 1. The number of amides is 1. The maximum absolute atomic E-state index is 12.2. The van der Waals surface area contributed by atoms with E-state index >= 15 is 0 Å². The van der Waals surface area contributed by atoms with Crippen LogP contribution in [0.2, 0.25) is 0 Å². The molecule has 4 N–H and O–H groups in total. The highest BCUT2D eigenvalue weighted by Crippen LogP contribution is 2.25. The molecule has 0 radical (unpaired) electrons. The number of carbonyl (C=O) groups is 1. The normalized spacial score (nSPS) is 13.7. The lowest BCUT2D eigenvalue weighted by molar-refractivity contribution is 0.0940. The molecule has 0 aliphatic carbocycles. The molecular weight excluding hydrogens is 288 g/mol. The van der Waals surface area contributed by atoms with Gasteiger partial charge in [-0.15, -0.1) is 0 Å². The Hall–Kier alpha value is -1.34. The number of ether oxygens (including phenoxy) is 1. The van der Waals surface area contributed by atoms with E-state index in [9.17, 15) is 4.79 Å². The Morgan fingerprint density at radius 1 is 1.48 bits per heavy atom. The molecule has 21 heavy (non-hydrogen) atoms.